The third kappa shape index (κ3) is 3.62. The molecular weight excluding hydrogens is 286 g/mol. The molecule has 110 valence electrons. The summed E-state index contributed by atoms with van der Waals surface area (Å²) in [5.74, 6) is 0.556. The molecule has 1 aromatic heterocycles. The SMILES string of the molecule is O=C(Nc1ccccc1OCC1CCCO1)c1ccsc1. The molecule has 2 heterocycles. The van der Waals surface area contributed by atoms with Crippen molar-refractivity contribution in [2.75, 3.05) is 18.5 Å². The highest BCUT2D eigenvalue weighted by Crippen LogP contribution is 2.25. The molecule has 1 amide bonds. The number of amides is 1. The quantitative estimate of drug-likeness (QED) is 0.918. The van der Waals surface area contributed by atoms with Crippen LogP contribution in [0.3, 0.4) is 0 Å². The van der Waals surface area contributed by atoms with Gasteiger partial charge in [0.05, 0.1) is 17.4 Å². The van der Waals surface area contributed by atoms with E-state index in [4.69, 9.17) is 9.47 Å². The van der Waals surface area contributed by atoms with Crippen molar-refractivity contribution >= 4 is 22.9 Å². The Morgan fingerprint density at radius 1 is 1.38 bits per heavy atom. The number of ether oxygens (including phenoxy) is 2. The summed E-state index contributed by atoms with van der Waals surface area (Å²) in [4.78, 5) is 12.1. The smallest absolute Gasteiger partial charge is 0.256 e. The van der Waals surface area contributed by atoms with E-state index in [0.717, 1.165) is 19.4 Å². The van der Waals surface area contributed by atoms with Crippen LogP contribution in [0.4, 0.5) is 5.69 Å². The average Bonchev–Trinajstić information content (AvgIpc) is 3.20. The van der Waals surface area contributed by atoms with Gasteiger partial charge < -0.3 is 14.8 Å². The second kappa shape index (κ2) is 6.74. The first kappa shape index (κ1) is 14.1. The lowest BCUT2D eigenvalue weighted by atomic mass is 10.2. The standard InChI is InChI=1S/C16H17NO3S/c18-16(12-7-9-21-11-12)17-14-5-1-2-6-15(14)20-10-13-4-3-8-19-13/h1-2,5-7,9,11,13H,3-4,8,10H2,(H,17,18). The van der Waals surface area contributed by atoms with E-state index in [9.17, 15) is 4.79 Å². The van der Waals surface area contributed by atoms with Crippen molar-refractivity contribution in [1.29, 1.82) is 0 Å². The Morgan fingerprint density at radius 2 is 2.29 bits per heavy atom. The summed E-state index contributed by atoms with van der Waals surface area (Å²) in [6.07, 6.45) is 2.28. The molecule has 0 saturated carbocycles. The Morgan fingerprint density at radius 3 is 3.05 bits per heavy atom. The van der Waals surface area contributed by atoms with Crippen molar-refractivity contribution in [1.82, 2.24) is 0 Å². The highest BCUT2D eigenvalue weighted by Gasteiger charge is 2.17. The van der Waals surface area contributed by atoms with Crippen molar-refractivity contribution in [3.8, 4) is 5.75 Å². The lowest BCUT2D eigenvalue weighted by molar-refractivity contribution is 0.0682. The number of hydrogen-bond donors (Lipinski definition) is 1. The van der Waals surface area contributed by atoms with E-state index in [2.05, 4.69) is 5.32 Å². The van der Waals surface area contributed by atoms with Crippen LogP contribution < -0.4 is 10.1 Å². The molecule has 2 aromatic rings. The van der Waals surface area contributed by atoms with Crippen LogP contribution in [-0.4, -0.2) is 25.2 Å². The van der Waals surface area contributed by atoms with E-state index < -0.39 is 0 Å². The summed E-state index contributed by atoms with van der Waals surface area (Å²) in [5.41, 5.74) is 1.35. The number of carbonyl (C=O) groups excluding carboxylic acids is 1. The van der Waals surface area contributed by atoms with Crippen molar-refractivity contribution in [2.45, 2.75) is 18.9 Å². The topological polar surface area (TPSA) is 47.6 Å². The lowest BCUT2D eigenvalue weighted by Crippen LogP contribution is -2.18. The fraction of sp³-hybridized carbons (Fsp3) is 0.312. The van der Waals surface area contributed by atoms with E-state index in [1.165, 1.54) is 11.3 Å². The van der Waals surface area contributed by atoms with E-state index in [1.807, 2.05) is 35.0 Å². The van der Waals surface area contributed by atoms with E-state index in [1.54, 1.807) is 6.07 Å². The van der Waals surface area contributed by atoms with Gasteiger partial charge in [-0.1, -0.05) is 12.1 Å². The fourth-order valence-electron chi connectivity index (χ4n) is 2.24. The molecule has 1 fully saturated rings. The van der Waals surface area contributed by atoms with Gasteiger partial charge in [-0.3, -0.25) is 4.79 Å². The Labute approximate surface area is 127 Å². The molecular formula is C16H17NO3S. The maximum absolute atomic E-state index is 12.1. The van der Waals surface area contributed by atoms with Gasteiger partial charge in [-0.25, -0.2) is 0 Å². The molecule has 1 aliphatic heterocycles. The van der Waals surface area contributed by atoms with Crippen LogP contribution in [-0.2, 0) is 4.74 Å². The van der Waals surface area contributed by atoms with Crippen LogP contribution >= 0.6 is 11.3 Å². The van der Waals surface area contributed by atoms with E-state index in [0.29, 0.717) is 23.6 Å². The monoisotopic (exact) mass is 303 g/mol. The molecule has 0 aliphatic carbocycles. The van der Waals surface area contributed by atoms with Crippen LogP contribution in [0.5, 0.6) is 5.75 Å². The van der Waals surface area contributed by atoms with Crippen LogP contribution in [0, 0.1) is 0 Å². The van der Waals surface area contributed by atoms with E-state index >= 15 is 0 Å². The van der Waals surface area contributed by atoms with Crippen molar-refractivity contribution in [3.05, 3.63) is 46.7 Å². The first-order valence-corrected chi connectivity index (χ1v) is 7.94. The number of hydrogen-bond acceptors (Lipinski definition) is 4. The maximum atomic E-state index is 12.1. The molecule has 0 radical (unpaired) electrons. The summed E-state index contributed by atoms with van der Waals surface area (Å²) in [6.45, 7) is 1.33. The molecule has 1 atom stereocenters. The Bertz CT molecular complexity index is 591. The first-order valence-electron chi connectivity index (χ1n) is 7.00. The summed E-state index contributed by atoms with van der Waals surface area (Å²) in [7, 11) is 0. The second-order valence-electron chi connectivity index (χ2n) is 4.91. The van der Waals surface area contributed by atoms with Gasteiger partial charge in [-0.2, -0.15) is 11.3 Å². The maximum Gasteiger partial charge on any atom is 0.256 e. The van der Waals surface area contributed by atoms with Gasteiger partial charge in [0.2, 0.25) is 0 Å². The molecule has 1 N–H and O–H groups in total. The minimum absolute atomic E-state index is 0.121. The van der Waals surface area contributed by atoms with Crippen LogP contribution in [0.1, 0.15) is 23.2 Å². The number of benzene rings is 1. The highest BCUT2D eigenvalue weighted by molar-refractivity contribution is 7.08. The molecule has 21 heavy (non-hydrogen) atoms. The number of rotatable bonds is 5. The minimum atomic E-state index is -0.121. The molecule has 1 unspecified atom stereocenters. The van der Waals surface area contributed by atoms with Gasteiger partial charge in [-0.05, 0) is 36.4 Å². The zero-order valence-corrected chi connectivity index (χ0v) is 12.4. The van der Waals surface area contributed by atoms with Crippen molar-refractivity contribution in [2.24, 2.45) is 0 Å². The predicted molar refractivity (Wildman–Crippen MR) is 83.2 cm³/mol. The number of para-hydroxylation sites is 2. The van der Waals surface area contributed by atoms with Crippen molar-refractivity contribution < 1.29 is 14.3 Å². The number of carbonyl (C=O) groups is 1. The van der Waals surface area contributed by atoms with Gasteiger partial charge in [0.25, 0.3) is 5.91 Å². The predicted octanol–water partition coefficient (Wildman–Crippen LogP) is 3.56. The summed E-state index contributed by atoms with van der Waals surface area (Å²) in [6, 6.07) is 9.27. The summed E-state index contributed by atoms with van der Waals surface area (Å²) < 4.78 is 11.3. The average molecular weight is 303 g/mol. The molecule has 4 nitrogen and oxygen atoms in total. The normalized spacial score (nSPS) is 17.6. The largest absolute Gasteiger partial charge is 0.489 e. The first-order chi connectivity index (χ1) is 10.3. The van der Waals surface area contributed by atoms with Gasteiger partial charge in [0.1, 0.15) is 12.4 Å². The van der Waals surface area contributed by atoms with Gasteiger partial charge >= 0.3 is 0 Å². The zero-order valence-electron chi connectivity index (χ0n) is 11.6. The number of nitrogens with one attached hydrogen (secondary N) is 1. The van der Waals surface area contributed by atoms with Gasteiger partial charge in [0, 0.05) is 12.0 Å². The van der Waals surface area contributed by atoms with Crippen LogP contribution in [0.2, 0.25) is 0 Å². The molecule has 0 spiro atoms. The fourth-order valence-corrected chi connectivity index (χ4v) is 2.88. The summed E-state index contributed by atoms with van der Waals surface area (Å²) >= 11 is 1.50. The molecule has 3 rings (SSSR count). The molecule has 1 aromatic carbocycles. The molecule has 1 saturated heterocycles. The van der Waals surface area contributed by atoms with Crippen LogP contribution in [0.25, 0.3) is 0 Å². The van der Waals surface area contributed by atoms with Gasteiger partial charge in [0.15, 0.2) is 0 Å². The number of thiophene rings is 1. The molecule has 0 bridgehead atoms. The lowest BCUT2D eigenvalue weighted by Gasteiger charge is -2.15. The highest BCUT2D eigenvalue weighted by atomic mass is 32.1. The van der Waals surface area contributed by atoms with Crippen molar-refractivity contribution in [3.63, 3.8) is 0 Å². The van der Waals surface area contributed by atoms with Gasteiger partial charge in [-0.15, -0.1) is 0 Å². The van der Waals surface area contributed by atoms with E-state index in [-0.39, 0.29) is 12.0 Å². The second-order valence-corrected chi connectivity index (χ2v) is 5.69. The minimum Gasteiger partial charge on any atom is -0.489 e. The Kier molecular flexibility index (Phi) is 4.52. The third-order valence-electron chi connectivity index (χ3n) is 3.37. The molecule has 1 aliphatic rings. The zero-order chi connectivity index (χ0) is 14.5. The Hall–Kier alpha value is -1.85. The Balaban J connectivity index is 1.65. The van der Waals surface area contributed by atoms with Crippen LogP contribution in [0.15, 0.2) is 41.1 Å². The third-order valence-corrected chi connectivity index (χ3v) is 4.05. The molecule has 5 heteroatoms. The number of anilines is 1. The summed E-state index contributed by atoms with van der Waals surface area (Å²) in [5, 5.41) is 6.60.